The number of halogens is 18. The molecule has 0 saturated carbocycles. The number of hydrogen-bond acceptors (Lipinski definition) is 5. The van der Waals surface area contributed by atoms with E-state index in [0.29, 0.717) is 0 Å². The summed E-state index contributed by atoms with van der Waals surface area (Å²) in [5, 5.41) is -7.32. The van der Waals surface area contributed by atoms with Gasteiger partial charge in [0.2, 0.25) is 19.7 Å². The van der Waals surface area contributed by atoms with Crippen LogP contribution in [0.2, 0.25) is 0 Å². The summed E-state index contributed by atoms with van der Waals surface area (Å²) in [6.45, 7) is -0.781. The molecule has 0 spiro atoms. The minimum absolute atomic E-state index is 0.477. The van der Waals surface area contributed by atoms with E-state index in [4.69, 9.17) is 5.11 Å². The minimum atomic E-state index is -8.71. The fraction of sp³-hybridized carbons (Fsp3) is 1.00. The Morgan fingerprint density at radius 1 is 0.550 bits per heavy atom. The van der Waals surface area contributed by atoms with Crippen LogP contribution in [0.1, 0.15) is 26.2 Å². The molecule has 0 rings (SSSR count). The molecular formula is C15H14F18O5S2. The van der Waals surface area contributed by atoms with Crippen LogP contribution in [0.3, 0.4) is 0 Å². The summed E-state index contributed by atoms with van der Waals surface area (Å²) in [6, 6.07) is 0. The van der Waals surface area contributed by atoms with Gasteiger partial charge in [-0.05, 0) is 18.8 Å². The van der Waals surface area contributed by atoms with Crippen molar-refractivity contribution in [3.8, 4) is 0 Å². The van der Waals surface area contributed by atoms with Crippen LogP contribution in [-0.4, -0.2) is 79.7 Å². The summed E-state index contributed by atoms with van der Waals surface area (Å²) in [6.07, 6.45) is -19.8. The van der Waals surface area contributed by atoms with Crippen LogP contribution >= 0.6 is 0 Å². The molecule has 0 aliphatic rings. The topological polar surface area (TPSA) is 88.5 Å². The van der Waals surface area contributed by atoms with Gasteiger partial charge in [0.15, 0.2) is 4.58 Å². The van der Waals surface area contributed by atoms with Gasteiger partial charge in [-0.15, -0.1) is 0 Å². The van der Waals surface area contributed by atoms with Crippen molar-refractivity contribution in [3.05, 3.63) is 0 Å². The summed E-state index contributed by atoms with van der Waals surface area (Å²) >= 11 is 0. The molecule has 0 saturated heterocycles. The van der Waals surface area contributed by atoms with Crippen LogP contribution in [0, 0.1) is 5.92 Å². The lowest BCUT2D eigenvalue weighted by atomic mass is 10.0. The van der Waals surface area contributed by atoms with Gasteiger partial charge in [0.05, 0.1) is 0 Å². The minimum Gasteiger partial charge on any atom is -0.396 e. The zero-order chi connectivity index (χ0) is 33.0. The number of alkyl halides is 18. The van der Waals surface area contributed by atoms with E-state index in [-0.39, 0.29) is 0 Å². The highest BCUT2D eigenvalue weighted by Gasteiger charge is 2.89. The maximum Gasteiger partial charge on any atom is 0.460 e. The molecule has 1 N–H and O–H groups in total. The molecule has 25 heteroatoms. The third kappa shape index (κ3) is 5.53. The van der Waals surface area contributed by atoms with Crippen LogP contribution < -0.4 is 0 Å². The van der Waals surface area contributed by atoms with E-state index in [1.165, 1.54) is 0 Å². The van der Waals surface area contributed by atoms with Crippen LogP contribution in [-0.2, 0) is 19.7 Å². The molecule has 0 fully saturated rings. The van der Waals surface area contributed by atoms with E-state index in [1.807, 2.05) is 0 Å². The molecule has 0 bridgehead atoms. The Bertz CT molecular complexity index is 1030. The Kier molecular flexibility index (Phi) is 10.3. The van der Waals surface area contributed by atoms with E-state index in [9.17, 15) is 95.9 Å². The van der Waals surface area contributed by atoms with E-state index in [1.54, 1.807) is 0 Å². The first-order chi connectivity index (χ1) is 17.1. The van der Waals surface area contributed by atoms with Crippen molar-refractivity contribution in [3.63, 3.8) is 0 Å². The fourth-order valence-electron chi connectivity index (χ4n) is 2.79. The molecular weight excluding hydrogens is 666 g/mol. The summed E-state index contributed by atoms with van der Waals surface area (Å²) in [5.41, 5.74) is 0. The third-order valence-corrected chi connectivity index (χ3v) is 10.4. The second-order valence-corrected chi connectivity index (χ2v) is 12.6. The van der Waals surface area contributed by atoms with Crippen molar-refractivity contribution in [1.82, 2.24) is 0 Å². The quantitative estimate of drug-likeness (QED) is 0.249. The average molecular weight is 680 g/mol. The summed E-state index contributed by atoms with van der Waals surface area (Å²) in [4.78, 5) is 0. The Balaban J connectivity index is 7.70. The molecule has 242 valence electrons. The number of sulfone groups is 2. The van der Waals surface area contributed by atoms with Crippen molar-refractivity contribution >= 4 is 19.7 Å². The van der Waals surface area contributed by atoms with Crippen molar-refractivity contribution in [1.29, 1.82) is 0 Å². The van der Waals surface area contributed by atoms with Crippen molar-refractivity contribution in [2.24, 2.45) is 5.92 Å². The molecule has 1 atom stereocenters. The number of rotatable bonds is 13. The highest BCUT2D eigenvalue weighted by atomic mass is 32.3. The van der Waals surface area contributed by atoms with Gasteiger partial charge < -0.3 is 5.11 Å². The van der Waals surface area contributed by atoms with Crippen LogP contribution in [0.15, 0.2) is 0 Å². The van der Waals surface area contributed by atoms with Gasteiger partial charge in [0.1, 0.15) is 0 Å². The predicted octanol–water partition coefficient (Wildman–Crippen LogP) is 5.79. The van der Waals surface area contributed by atoms with Gasteiger partial charge in [-0.25, -0.2) is 16.8 Å². The Labute approximate surface area is 211 Å². The van der Waals surface area contributed by atoms with Gasteiger partial charge in [-0.1, -0.05) is 13.3 Å². The first-order valence-corrected chi connectivity index (χ1v) is 12.7. The summed E-state index contributed by atoms with van der Waals surface area (Å²) in [7, 11) is -17.4. The van der Waals surface area contributed by atoms with Crippen LogP contribution in [0.4, 0.5) is 79.0 Å². The second-order valence-electron chi connectivity index (χ2n) is 7.92. The van der Waals surface area contributed by atoms with Crippen molar-refractivity contribution in [2.45, 2.75) is 77.3 Å². The second kappa shape index (κ2) is 10.7. The monoisotopic (exact) mass is 680 g/mol. The maximum atomic E-state index is 14.2. The van der Waals surface area contributed by atoms with Crippen LogP contribution in [0.25, 0.3) is 0 Å². The number of aliphatic hydroxyl groups is 1. The van der Waals surface area contributed by atoms with Gasteiger partial charge in [-0.3, -0.25) is 0 Å². The first-order valence-electron chi connectivity index (χ1n) is 9.60. The SMILES string of the molecule is CCCC(CO)CC(S(=O)(=O)C(F)(F)C(F)(F)C(F)(F)C(F)(F)F)S(=O)(=O)C(F)(F)C(F)(F)C(F)(F)C(F)(F)F. The molecule has 0 aromatic carbocycles. The molecule has 40 heavy (non-hydrogen) atoms. The fourth-order valence-corrected chi connectivity index (χ4v) is 7.54. The molecule has 0 aliphatic carbocycles. The zero-order valence-electron chi connectivity index (χ0n) is 18.7. The highest BCUT2D eigenvalue weighted by Crippen LogP contribution is 2.59. The molecule has 5 nitrogen and oxygen atoms in total. The van der Waals surface area contributed by atoms with Crippen molar-refractivity contribution in [2.75, 3.05) is 6.61 Å². The lowest BCUT2D eigenvalue weighted by molar-refractivity contribution is -0.382. The summed E-state index contributed by atoms with van der Waals surface area (Å²) < 4.78 is 281. The third-order valence-electron chi connectivity index (χ3n) is 5.12. The number of aliphatic hydroxyl groups excluding tert-OH is 1. The Morgan fingerprint density at radius 2 is 0.825 bits per heavy atom. The molecule has 1 unspecified atom stereocenters. The van der Waals surface area contributed by atoms with E-state index in [0.717, 1.165) is 6.92 Å². The predicted molar refractivity (Wildman–Crippen MR) is 93.5 cm³/mol. The molecule has 0 radical (unpaired) electrons. The largest absolute Gasteiger partial charge is 0.460 e. The first kappa shape index (κ1) is 38.6. The lowest BCUT2D eigenvalue weighted by Gasteiger charge is -2.37. The van der Waals surface area contributed by atoms with Crippen molar-refractivity contribution < 1.29 is 101 Å². The Hall–Kier alpha value is -1.40. The van der Waals surface area contributed by atoms with Gasteiger partial charge >= 0.3 is 46.6 Å². The van der Waals surface area contributed by atoms with E-state index in [2.05, 4.69) is 0 Å². The highest BCUT2D eigenvalue weighted by molar-refractivity contribution is 8.10. The summed E-state index contributed by atoms with van der Waals surface area (Å²) in [5.74, 6) is -35.4. The molecule has 0 aromatic heterocycles. The smallest absolute Gasteiger partial charge is 0.396 e. The molecule has 0 heterocycles. The molecule has 0 aromatic rings. The van der Waals surface area contributed by atoms with Gasteiger partial charge in [0, 0.05) is 6.61 Å². The van der Waals surface area contributed by atoms with E-state index >= 15 is 0 Å². The zero-order valence-corrected chi connectivity index (χ0v) is 20.3. The Morgan fingerprint density at radius 3 is 1.02 bits per heavy atom. The normalized spacial score (nSPS) is 16.9. The molecule has 0 aliphatic heterocycles. The standard InChI is InChI=1S/C15H14F18O5S2/c1-2-3-6(5-34)4-7(39(35,36)14(30,31)10(20,21)8(16,17)12(24,25)26)40(37,38)15(32,33)11(22,23)9(18,19)13(27,28)29/h6-7,34H,2-5H2,1H3. The maximum absolute atomic E-state index is 14.2. The lowest BCUT2D eigenvalue weighted by Crippen LogP contribution is -2.68. The van der Waals surface area contributed by atoms with E-state index < -0.39 is 103 Å². The van der Waals surface area contributed by atoms with Crippen LogP contribution in [0.5, 0.6) is 0 Å². The molecule has 0 amide bonds. The van der Waals surface area contributed by atoms with Gasteiger partial charge in [0.25, 0.3) is 0 Å². The number of hydrogen-bond donors (Lipinski definition) is 1. The average Bonchev–Trinajstić information content (AvgIpc) is 2.73. The van der Waals surface area contributed by atoms with Gasteiger partial charge in [-0.2, -0.15) is 79.0 Å².